The molecule has 0 aromatic heterocycles. The molecule has 1 N–H and O–H groups in total. The number of hydrogen-bond acceptors (Lipinski definition) is 3. The van der Waals surface area contributed by atoms with E-state index < -0.39 is 29.6 Å². The first kappa shape index (κ1) is 16.8. The van der Waals surface area contributed by atoms with Crippen LogP contribution in [0.3, 0.4) is 0 Å². The van der Waals surface area contributed by atoms with E-state index in [4.69, 9.17) is 0 Å². The van der Waals surface area contributed by atoms with Crippen molar-refractivity contribution in [2.24, 2.45) is 0 Å². The van der Waals surface area contributed by atoms with Crippen molar-refractivity contribution in [3.05, 3.63) is 48.1 Å². The molecule has 0 saturated heterocycles. The molecular weight excluding hydrogens is 280 g/mol. The lowest BCUT2D eigenvalue weighted by molar-refractivity contribution is -0.145. The topological polar surface area (TPSA) is 55.4 Å². The SMILES string of the molecule is C=CCC[C@@H](NC(=O)Cc1ccc(F)c(F)c1)C(=O)OC. The van der Waals surface area contributed by atoms with E-state index in [1.165, 1.54) is 13.2 Å². The van der Waals surface area contributed by atoms with Crippen molar-refractivity contribution >= 4 is 11.9 Å². The molecule has 0 spiro atoms. The second-order valence-corrected chi connectivity index (χ2v) is 4.43. The van der Waals surface area contributed by atoms with Crippen molar-refractivity contribution in [2.45, 2.75) is 25.3 Å². The largest absolute Gasteiger partial charge is 0.467 e. The van der Waals surface area contributed by atoms with Crippen LogP contribution in [0.4, 0.5) is 8.78 Å². The number of rotatable bonds is 7. The number of carbonyl (C=O) groups is 2. The Hall–Kier alpha value is -2.24. The Kier molecular flexibility index (Phi) is 6.52. The monoisotopic (exact) mass is 297 g/mol. The predicted molar refractivity (Wildman–Crippen MR) is 73.4 cm³/mol. The molecule has 1 amide bonds. The molecule has 114 valence electrons. The van der Waals surface area contributed by atoms with Crippen LogP contribution in [0.5, 0.6) is 0 Å². The summed E-state index contributed by atoms with van der Waals surface area (Å²) in [6.07, 6.45) is 2.36. The molecule has 1 atom stereocenters. The maximum Gasteiger partial charge on any atom is 0.328 e. The zero-order chi connectivity index (χ0) is 15.8. The number of allylic oxidation sites excluding steroid dienone is 1. The van der Waals surface area contributed by atoms with Gasteiger partial charge in [0.2, 0.25) is 5.91 Å². The standard InChI is InChI=1S/C15H17F2NO3/c1-3-4-5-13(15(20)21-2)18-14(19)9-10-6-7-11(16)12(17)8-10/h3,6-8,13H,1,4-5,9H2,2H3,(H,18,19)/t13-/m1/s1. The molecule has 1 aromatic rings. The van der Waals surface area contributed by atoms with Crippen LogP contribution in [-0.2, 0) is 20.7 Å². The van der Waals surface area contributed by atoms with Crippen molar-refractivity contribution < 1.29 is 23.1 Å². The predicted octanol–water partition coefficient (Wildman–Crippen LogP) is 2.13. The van der Waals surface area contributed by atoms with Gasteiger partial charge in [0, 0.05) is 0 Å². The molecule has 0 heterocycles. The zero-order valence-electron chi connectivity index (χ0n) is 11.7. The highest BCUT2D eigenvalue weighted by molar-refractivity contribution is 5.85. The quantitative estimate of drug-likeness (QED) is 0.619. The van der Waals surface area contributed by atoms with E-state index in [-0.39, 0.29) is 6.42 Å². The summed E-state index contributed by atoms with van der Waals surface area (Å²) in [7, 11) is 1.23. The van der Waals surface area contributed by atoms with Gasteiger partial charge in [-0.15, -0.1) is 6.58 Å². The number of benzene rings is 1. The van der Waals surface area contributed by atoms with Gasteiger partial charge in [-0.2, -0.15) is 0 Å². The number of halogens is 2. The molecular formula is C15H17F2NO3. The number of hydrogen-bond donors (Lipinski definition) is 1. The third-order valence-electron chi connectivity index (χ3n) is 2.83. The summed E-state index contributed by atoms with van der Waals surface area (Å²) in [5, 5.41) is 2.51. The molecule has 0 aliphatic heterocycles. The summed E-state index contributed by atoms with van der Waals surface area (Å²) < 4.78 is 30.4. The van der Waals surface area contributed by atoms with Gasteiger partial charge in [0.25, 0.3) is 0 Å². The minimum Gasteiger partial charge on any atom is -0.467 e. The Morgan fingerprint density at radius 1 is 1.38 bits per heavy atom. The average Bonchev–Trinajstić information content (AvgIpc) is 2.46. The molecule has 0 saturated carbocycles. The summed E-state index contributed by atoms with van der Waals surface area (Å²) in [5.41, 5.74) is 0.318. The maximum atomic E-state index is 13.0. The molecule has 0 bridgehead atoms. The van der Waals surface area contributed by atoms with E-state index in [1.54, 1.807) is 6.08 Å². The number of esters is 1. The minimum absolute atomic E-state index is 0.154. The third kappa shape index (κ3) is 5.33. The summed E-state index contributed by atoms with van der Waals surface area (Å²) in [6, 6.07) is 2.43. The first-order valence-corrected chi connectivity index (χ1v) is 6.40. The zero-order valence-corrected chi connectivity index (χ0v) is 11.7. The van der Waals surface area contributed by atoms with E-state index >= 15 is 0 Å². The highest BCUT2D eigenvalue weighted by atomic mass is 19.2. The first-order chi connectivity index (χ1) is 9.97. The van der Waals surface area contributed by atoms with Crippen LogP contribution < -0.4 is 5.32 Å². The summed E-state index contributed by atoms with van der Waals surface area (Å²) >= 11 is 0. The van der Waals surface area contributed by atoms with Gasteiger partial charge in [-0.25, -0.2) is 13.6 Å². The lowest BCUT2D eigenvalue weighted by atomic mass is 10.1. The number of nitrogens with one attached hydrogen (secondary N) is 1. The van der Waals surface area contributed by atoms with Crippen LogP contribution >= 0.6 is 0 Å². The molecule has 0 aliphatic rings. The lowest BCUT2D eigenvalue weighted by Gasteiger charge is -2.15. The molecule has 21 heavy (non-hydrogen) atoms. The highest BCUT2D eigenvalue weighted by Gasteiger charge is 2.20. The molecule has 1 aromatic carbocycles. The van der Waals surface area contributed by atoms with Gasteiger partial charge in [0.05, 0.1) is 13.5 Å². The number of ether oxygens (including phenoxy) is 1. The van der Waals surface area contributed by atoms with Crippen LogP contribution in [0.15, 0.2) is 30.9 Å². The van der Waals surface area contributed by atoms with Crippen LogP contribution in [0.25, 0.3) is 0 Å². The van der Waals surface area contributed by atoms with Crippen LogP contribution in [0.2, 0.25) is 0 Å². The Labute approximate surface area is 121 Å². The van der Waals surface area contributed by atoms with Crippen LogP contribution in [0, 0.1) is 11.6 Å². The minimum atomic E-state index is -1.02. The van der Waals surface area contributed by atoms with E-state index in [9.17, 15) is 18.4 Å². The summed E-state index contributed by atoms with van der Waals surface area (Å²) in [4.78, 5) is 23.4. The fourth-order valence-corrected chi connectivity index (χ4v) is 1.76. The second kappa shape index (κ2) is 8.14. The van der Waals surface area contributed by atoms with Crippen molar-refractivity contribution in [2.75, 3.05) is 7.11 Å². The van der Waals surface area contributed by atoms with Crippen molar-refractivity contribution in [3.63, 3.8) is 0 Å². The van der Waals surface area contributed by atoms with E-state index in [0.717, 1.165) is 12.1 Å². The van der Waals surface area contributed by atoms with Crippen molar-refractivity contribution in [1.82, 2.24) is 5.32 Å². The normalized spacial score (nSPS) is 11.6. The van der Waals surface area contributed by atoms with Gasteiger partial charge in [-0.3, -0.25) is 4.79 Å². The van der Waals surface area contributed by atoms with E-state index in [1.807, 2.05) is 0 Å². The molecule has 0 aliphatic carbocycles. The maximum absolute atomic E-state index is 13.0. The van der Waals surface area contributed by atoms with Gasteiger partial charge < -0.3 is 10.1 Å². The van der Waals surface area contributed by atoms with Gasteiger partial charge in [-0.05, 0) is 30.5 Å². The smallest absolute Gasteiger partial charge is 0.328 e. The first-order valence-electron chi connectivity index (χ1n) is 6.40. The van der Waals surface area contributed by atoms with Crippen LogP contribution in [0.1, 0.15) is 18.4 Å². The number of methoxy groups -OCH3 is 1. The Morgan fingerprint density at radius 2 is 2.10 bits per heavy atom. The fraction of sp³-hybridized carbons (Fsp3) is 0.333. The Balaban J connectivity index is 2.66. The summed E-state index contributed by atoms with van der Waals surface area (Å²) in [6.45, 7) is 3.54. The third-order valence-corrected chi connectivity index (χ3v) is 2.83. The molecule has 0 fully saturated rings. The van der Waals surface area contributed by atoms with Gasteiger partial charge >= 0.3 is 5.97 Å². The Bertz CT molecular complexity index is 532. The number of amides is 1. The molecule has 1 rings (SSSR count). The van der Waals surface area contributed by atoms with Gasteiger partial charge in [-0.1, -0.05) is 12.1 Å². The van der Waals surface area contributed by atoms with Gasteiger partial charge in [0.15, 0.2) is 11.6 Å². The second-order valence-electron chi connectivity index (χ2n) is 4.43. The fourth-order valence-electron chi connectivity index (χ4n) is 1.76. The Morgan fingerprint density at radius 3 is 2.67 bits per heavy atom. The van der Waals surface area contributed by atoms with Gasteiger partial charge in [0.1, 0.15) is 6.04 Å². The average molecular weight is 297 g/mol. The summed E-state index contributed by atoms with van der Waals surface area (Å²) in [5.74, 6) is -3.02. The molecule has 0 radical (unpaired) electrons. The van der Waals surface area contributed by atoms with Crippen LogP contribution in [-0.4, -0.2) is 25.0 Å². The molecule has 4 nitrogen and oxygen atoms in total. The highest BCUT2D eigenvalue weighted by Crippen LogP contribution is 2.09. The molecule has 6 heteroatoms. The lowest BCUT2D eigenvalue weighted by Crippen LogP contribution is -2.42. The van der Waals surface area contributed by atoms with E-state index in [0.29, 0.717) is 18.4 Å². The van der Waals surface area contributed by atoms with E-state index in [2.05, 4.69) is 16.6 Å². The number of carbonyl (C=O) groups excluding carboxylic acids is 2. The molecule has 0 unspecified atom stereocenters. The van der Waals surface area contributed by atoms with Crippen molar-refractivity contribution in [3.8, 4) is 0 Å². The van der Waals surface area contributed by atoms with Crippen molar-refractivity contribution in [1.29, 1.82) is 0 Å².